The van der Waals surface area contributed by atoms with Crippen molar-refractivity contribution in [1.29, 1.82) is 0 Å². The minimum atomic E-state index is -0.762. The number of esters is 3. The van der Waals surface area contributed by atoms with Crippen LogP contribution in [0.1, 0.15) is 330 Å². The summed E-state index contributed by atoms with van der Waals surface area (Å²) in [6, 6.07) is 0. The van der Waals surface area contributed by atoms with E-state index in [2.05, 4.69) is 34.6 Å². The van der Waals surface area contributed by atoms with Crippen LogP contribution in [0.25, 0.3) is 0 Å². The standard InChI is InChI=1S/C59H114O6/c1-6-8-9-10-11-12-13-17-24-29-34-39-44-49-57(60)63-52-56(53-64-58(61)50-45-40-35-30-25-21-16-18-22-27-32-37-42-47-54(3)4)65-59(62)51-46-41-36-31-26-20-15-14-19-23-28-33-38-43-48-55(5)7-2/h54-56H,6-53H2,1-5H3/t55?,56-/m0/s1. The maximum atomic E-state index is 12.9. The first kappa shape index (κ1) is 63.4. The van der Waals surface area contributed by atoms with Gasteiger partial charge in [-0.05, 0) is 31.1 Å². The normalized spacial score (nSPS) is 12.5. The number of unbranched alkanes of at least 4 members (excludes halogenated alkanes) is 37. The summed E-state index contributed by atoms with van der Waals surface area (Å²) in [4.78, 5) is 38.1. The largest absolute Gasteiger partial charge is 0.462 e. The van der Waals surface area contributed by atoms with Crippen molar-refractivity contribution in [1.82, 2.24) is 0 Å². The van der Waals surface area contributed by atoms with Crippen LogP contribution in [0.2, 0.25) is 0 Å². The zero-order chi connectivity index (χ0) is 47.5. The summed E-state index contributed by atoms with van der Waals surface area (Å²) < 4.78 is 16.9. The molecule has 6 nitrogen and oxygen atoms in total. The second-order valence-electron chi connectivity index (χ2n) is 21.0. The predicted molar refractivity (Wildman–Crippen MR) is 280 cm³/mol. The molecule has 0 heterocycles. The molecule has 0 saturated carbocycles. The highest BCUT2D eigenvalue weighted by molar-refractivity contribution is 5.71. The van der Waals surface area contributed by atoms with Crippen LogP contribution in [0.15, 0.2) is 0 Å². The highest BCUT2D eigenvalue weighted by Crippen LogP contribution is 2.19. The van der Waals surface area contributed by atoms with Crippen LogP contribution in [-0.2, 0) is 28.6 Å². The fraction of sp³-hybridized carbons (Fsp3) is 0.949. The molecule has 0 saturated heterocycles. The van der Waals surface area contributed by atoms with Gasteiger partial charge in [0.2, 0.25) is 0 Å². The highest BCUT2D eigenvalue weighted by atomic mass is 16.6. The molecule has 0 spiro atoms. The third-order valence-corrected chi connectivity index (χ3v) is 13.8. The topological polar surface area (TPSA) is 78.9 Å². The Hall–Kier alpha value is -1.59. The van der Waals surface area contributed by atoms with Crippen molar-refractivity contribution in [3.05, 3.63) is 0 Å². The van der Waals surface area contributed by atoms with Crippen LogP contribution in [0, 0.1) is 11.8 Å². The summed E-state index contributed by atoms with van der Waals surface area (Å²) in [5.41, 5.74) is 0. The minimum Gasteiger partial charge on any atom is -0.462 e. The molecule has 0 aliphatic heterocycles. The maximum Gasteiger partial charge on any atom is 0.306 e. The Labute approximate surface area is 406 Å². The van der Waals surface area contributed by atoms with Crippen LogP contribution in [-0.4, -0.2) is 37.2 Å². The van der Waals surface area contributed by atoms with Crippen molar-refractivity contribution >= 4 is 17.9 Å². The third kappa shape index (κ3) is 51.6. The number of hydrogen-bond acceptors (Lipinski definition) is 6. The lowest BCUT2D eigenvalue weighted by Gasteiger charge is -2.18. The third-order valence-electron chi connectivity index (χ3n) is 13.8. The van der Waals surface area contributed by atoms with Crippen molar-refractivity contribution in [2.45, 2.75) is 336 Å². The van der Waals surface area contributed by atoms with Gasteiger partial charge in [-0.25, -0.2) is 0 Å². The van der Waals surface area contributed by atoms with Crippen molar-refractivity contribution in [3.8, 4) is 0 Å². The van der Waals surface area contributed by atoms with Gasteiger partial charge < -0.3 is 14.2 Å². The molecule has 0 aromatic heterocycles. The Kier molecular flexibility index (Phi) is 50.5. The van der Waals surface area contributed by atoms with E-state index >= 15 is 0 Å². The number of ether oxygens (including phenoxy) is 3. The van der Waals surface area contributed by atoms with Gasteiger partial charge in [0, 0.05) is 19.3 Å². The number of rotatable bonds is 53. The van der Waals surface area contributed by atoms with Crippen LogP contribution in [0.4, 0.5) is 0 Å². The minimum absolute atomic E-state index is 0.0625. The van der Waals surface area contributed by atoms with Gasteiger partial charge in [0.1, 0.15) is 13.2 Å². The maximum absolute atomic E-state index is 12.9. The summed E-state index contributed by atoms with van der Waals surface area (Å²) >= 11 is 0. The van der Waals surface area contributed by atoms with Crippen LogP contribution < -0.4 is 0 Å². The van der Waals surface area contributed by atoms with Gasteiger partial charge in [-0.1, -0.05) is 291 Å². The average molecular weight is 920 g/mol. The summed E-state index contributed by atoms with van der Waals surface area (Å²) in [5, 5.41) is 0. The van der Waals surface area contributed by atoms with Crippen LogP contribution in [0.3, 0.4) is 0 Å². The van der Waals surface area contributed by atoms with Crippen LogP contribution in [0.5, 0.6) is 0 Å². The first-order valence-electron chi connectivity index (χ1n) is 29.3. The molecule has 65 heavy (non-hydrogen) atoms. The van der Waals surface area contributed by atoms with Crippen molar-refractivity contribution in [2.75, 3.05) is 13.2 Å². The molecule has 0 radical (unpaired) electrons. The van der Waals surface area contributed by atoms with Gasteiger partial charge in [-0.2, -0.15) is 0 Å². The Morgan fingerprint density at radius 2 is 0.585 bits per heavy atom. The van der Waals surface area contributed by atoms with Gasteiger partial charge in [0.25, 0.3) is 0 Å². The van der Waals surface area contributed by atoms with E-state index in [-0.39, 0.29) is 31.1 Å². The van der Waals surface area contributed by atoms with E-state index in [4.69, 9.17) is 14.2 Å². The van der Waals surface area contributed by atoms with E-state index in [0.717, 1.165) is 69.6 Å². The number of carbonyl (C=O) groups excluding carboxylic acids is 3. The van der Waals surface area contributed by atoms with Crippen molar-refractivity contribution < 1.29 is 28.6 Å². The second-order valence-corrected chi connectivity index (χ2v) is 21.0. The fourth-order valence-electron chi connectivity index (χ4n) is 9.02. The molecule has 0 fully saturated rings. The lowest BCUT2D eigenvalue weighted by Crippen LogP contribution is -2.30. The number of carbonyl (C=O) groups is 3. The molecule has 0 aliphatic carbocycles. The van der Waals surface area contributed by atoms with E-state index in [1.807, 2.05) is 0 Å². The average Bonchev–Trinajstić information content (AvgIpc) is 3.29. The Balaban J connectivity index is 4.30. The van der Waals surface area contributed by atoms with Crippen LogP contribution >= 0.6 is 0 Å². The van der Waals surface area contributed by atoms with Gasteiger partial charge in [0.15, 0.2) is 6.10 Å². The molecule has 0 aromatic rings. The first-order valence-corrected chi connectivity index (χ1v) is 29.3. The Morgan fingerprint density at radius 3 is 0.877 bits per heavy atom. The zero-order valence-corrected chi connectivity index (χ0v) is 44.6. The Bertz CT molecular complexity index is 995. The molecule has 0 amide bonds. The molecule has 0 bridgehead atoms. The second kappa shape index (κ2) is 51.8. The first-order chi connectivity index (χ1) is 31.8. The molecule has 0 aromatic carbocycles. The molecule has 1 unspecified atom stereocenters. The van der Waals surface area contributed by atoms with E-state index in [9.17, 15) is 14.4 Å². The van der Waals surface area contributed by atoms with E-state index in [1.165, 1.54) is 218 Å². The van der Waals surface area contributed by atoms with Crippen molar-refractivity contribution in [2.24, 2.45) is 11.8 Å². The quantitative estimate of drug-likeness (QED) is 0.0344. The van der Waals surface area contributed by atoms with Gasteiger partial charge in [0.05, 0.1) is 0 Å². The molecular weight excluding hydrogens is 805 g/mol. The summed E-state index contributed by atoms with van der Waals surface area (Å²) in [5.74, 6) is 0.896. The Morgan fingerprint density at radius 1 is 0.323 bits per heavy atom. The molecule has 0 N–H and O–H groups in total. The molecule has 0 aliphatic rings. The summed E-state index contributed by atoms with van der Waals surface area (Å²) in [7, 11) is 0. The van der Waals surface area contributed by atoms with Gasteiger partial charge in [-0.15, -0.1) is 0 Å². The highest BCUT2D eigenvalue weighted by Gasteiger charge is 2.19. The summed E-state index contributed by atoms with van der Waals surface area (Å²) in [6.07, 6.45) is 55.1. The SMILES string of the molecule is CCCCCCCCCCCCCCCC(=O)OC[C@@H](COC(=O)CCCCCCCCCCCCCCCC(C)C)OC(=O)CCCCCCCCCCCCCCCCC(C)CC. The smallest absolute Gasteiger partial charge is 0.306 e. The fourth-order valence-corrected chi connectivity index (χ4v) is 9.02. The van der Waals surface area contributed by atoms with E-state index in [1.54, 1.807) is 0 Å². The van der Waals surface area contributed by atoms with Crippen molar-refractivity contribution in [3.63, 3.8) is 0 Å². The molecule has 2 atom stereocenters. The van der Waals surface area contributed by atoms with Gasteiger partial charge >= 0.3 is 17.9 Å². The zero-order valence-electron chi connectivity index (χ0n) is 44.6. The molecule has 386 valence electrons. The predicted octanol–water partition coefficient (Wildman–Crippen LogP) is 19.3. The molecule has 0 rings (SSSR count). The molecule has 6 heteroatoms. The van der Waals surface area contributed by atoms with Gasteiger partial charge in [-0.3, -0.25) is 14.4 Å². The van der Waals surface area contributed by atoms with E-state index < -0.39 is 6.10 Å². The van der Waals surface area contributed by atoms with E-state index in [0.29, 0.717) is 19.3 Å². The lowest BCUT2D eigenvalue weighted by molar-refractivity contribution is -0.167. The molecular formula is C59H114O6. The lowest BCUT2D eigenvalue weighted by atomic mass is 9.99. The summed E-state index contributed by atoms with van der Waals surface area (Å²) in [6.45, 7) is 11.5. The monoisotopic (exact) mass is 919 g/mol. The number of hydrogen-bond donors (Lipinski definition) is 0.